The summed E-state index contributed by atoms with van der Waals surface area (Å²) >= 11 is 6.05. The van der Waals surface area contributed by atoms with Crippen molar-refractivity contribution in [2.75, 3.05) is 17.1 Å². The quantitative estimate of drug-likeness (QED) is 0.481. The first-order valence-corrected chi connectivity index (χ1v) is 14.0. The number of sulfone groups is 1. The molecule has 1 atom stereocenters. The predicted molar refractivity (Wildman–Crippen MR) is 133 cm³/mol. The smallest absolute Gasteiger partial charge is 0.264 e. The number of nitrogens with one attached hydrogen (secondary N) is 1. The minimum absolute atomic E-state index is 0.0570. The molecule has 7 nitrogen and oxygen atoms in total. The van der Waals surface area contributed by atoms with E-state index in [2.05, 4.69) is 5.32 Å². The monoisotopic (exact) mass is 520 g/mol. The number of sulfonamides is 1. The van der Waals surface area contributed by atoms with Crippen molar-refractivity contribution in [1.29, 1.82) is 0 Å². The van der Waals surface area contributed by atoms with Crippen molar-refractivity contribution in [2.24, 2.45) is 0 Å². The molecule has 0 saturated carbocycles. The Kier molecular flexibility index (Phi) is 7.70. The van der Waals surface area contributed by atoms with E-state index in [9.17, 15) is 21.6 Å². The molecule has 0 bridgehead atoms. The van der Waals surface area contributed by atoms with Gasteiger partial charge in [0.25, 0.3) is 10.0 Å². The first-order chi connectivity index (χ1) is 15.9. The molecule has 180 valence electrons. The number of anilines is 1. The molecule has 1 unspecified atom stereocenters. The largest absolute Gasteiger partial charge is 0.348 e. The standard InChI is InChI=1S/C24H25ClN2O5S2/c1-17-15-20(25)11-14-23(17)27(34(31,32)22-7-5-4-6-8-22)16-24(28)26-18(2)19-9-12-21(13-10-19)33(3,29)30/h4-15,18H,16H2,1-3H3,(H,26,28). The zero-order chi connectivity index (χ0) is 25.1. The summed E-state index contributed by atoms with van der Waals surface area (Å²) in [6.07, 6.45) is 1.12. The topological polar surface area (TPSA) is 101 Å². The Morgan fingerprint density at radius 3 is 2.12 bits per heavy atom. The summed E-state index contributed by atoms with van der Waals surface area (Å²) in [6.45, 7) is 3.00. The van der Waals surface area contributed by atoms with E-state index in [0.717, 1.165) is 10.6 Å². The highest BCUT2D eigenvalue weighted by atomic mass is 35.5. The second-order valence-electron chi connectivity index (χ2n) is 7.89. The van der Waals surface area contributed by atoms with E-state index < -0.39 is 38.4 Å². The summed E-state index contributed by atoms with van der Waals surface area (Å²) in [4.78, 5) is 13.2. The number of benzene rings is 3. The van der Waals surface area contributed by atoms with E-state index in [4.69, 9.17) is 11.6 Å². The molecule has 0 saturated heterocycles. The number of hydrogen-bond acceptors (Lipinski definition) is 5. The Hall–Kier alpha value is -2.88. The van der Waals surface area contributed by atoms with E-state index in [0.29, 0.717) is 21.8 Å². The number of amides is 1. The molecular formula is C24H25ClN2O5S2. The van der Waals surface area contributed by atoms with Crippen LogP contribution in [0.25, 0.3) is 0 Å². The van der Waals surface area contributed by atoms with Crippen LogP contribution < -0.4 is 9.62 Å². The van der Waals surface area contributed by atoms with Gasteiger partial charge in [-0.1, -0.05) is 41.9 Å². The van der Waals surface area contributed by atoms with Crippen molar-refractivity contribution in [3.8, 4) is 0 Å². The second-order valence-corrected chi connectivity index (χ2v) is 12.2. The van der Waals surface area contributed by atoms with Gasteiger partial charge in [-0.2, -0.15) is 0 Å². The second kappa shape index (κ2) is 10.2. The van der Waals surface area contributed by atoms with Crippen molar-refractivity contribution in [3.63, 3.8) is 0 Å². The number of carbonyl (C=O) groups excluding carboxylic acids is 1. The van der Waals surface area contributed by atoms with Crippen LogP contribution in [-0.4, -0.2) is 35.5 Å². The fourth-order valence-electron chi connectivity index (χ4n) is 3.42. The lowest BCUT2D eigenvalue weighted by Crippen LogP contribution is -2.41. The van der Waals surface area contributed by atoms with Crippen LogP contribution in [0.15, 0.2) is 82.6 Å². The van der Waals surface area contributed by atoms with Gasteiger partial charge < -0.3 is 5.32 Å². The summed E-state index contributed by atoms with van der Waals surface area (Å²) in [6, 6.07) is 18.3. The van der Waals surface area contributed by atoms with E-state index in [1.54, 1.807) is 62.4 Å². The highest BCUT2D eigenvalue weighted by Gasteiger charge is 2.28. The average molecular weight is 521 g/mol. The number of hydrogen-bond donors (Lipinski definition) is 1. The van der Waals surface area contributed by atoms with E-state index in [1.165, 1.54) is 24.3 Å². The normalized spacial score (nSPS) is 12.7. The van der Waals surface area contributed by atoms with Crippen molar-refractivity contribution in [2.45, 2.75) is 29.7 Å². The van der Waals surface area contributed by atoms with Gasteiger partial charge in [-0.25, -0.2) is 16.8 Å². The summed E-state index contributed by atoms with van der Waals surface area (Å²) in [7, 11) is -7.38. The molecule has 0 heterocycles. The van der Waals surface area contributed by atoms with Crippen molar-refractivity contribution < 1.29 is 21.6 Å². The highest BCUT2D eigenvalue weighted by molar-refractivity contribution is 7.93. The van der Waals surface area contributed by atoms with E-state index in [1.807, 2.05) is 0 Å². The minimum atomic E-state index is -4.04. The molecule has 3 aromatic carbocycles. The average Bonchev–Trinajstić information content (AvgIpc) is 2.78. The SMILES string of the molecule is Cc1cc(Cl)ccc1N(CC(=O)NC(C)c1ccc(S(C)(=O)=O)cc1)S(=O)(=O)c1ccccc1. The van der Waals surface area contributed by atoms with Crippen molar-refractivity contribution >= 4 is 43.1 Å². The molecule has 34 heavy (non-hydrogen) atoms. The molecule has 10 heteroatoms. The summed E-state index contributed by atoms with van der Waals surface area (Å²) < 4.78 is 51.3. The molecular weight excluding hydrogens is 496 g/mol. The number of carbonyl (C=O) groups is 1. The fourth-order valence-corrected chi connectivity index (χ4v) is 5.79. The molecule has 0 aromatic heterocycles. The van der Waals surface area contributed by atoms with Crippen LogP contribution in [0.1, 0.15) is 24.1 Å². The van der Waals surface area contributed by atoms with Gasteiger partial charge in [0.2, 0.25) is 5.91 Å². The maximum absolute atomic E-state index is 13.4. The summed E-state index contributed by atoms with van der Waals surface area (Å²) in [5.41, 5.74) is 1.62. The van der Waals surface area contributed by atoms with Crippen LogP contribution in [0.5, 0.6) is 0 Å². The maximum Gasteiger partial charge on any atom is 0.264 e. The lowest BCUT2D eigenvalue weighted by atomic mass is 10.1. The van der Waals surface area contributed by atoms with Gasteiger partial charge in [-0.3, -0.25) is 9.10 Å². The number of halogens is 1. The first-order valence-electron chi connectivity index (χ1n) is 10.3. The Bertz CT molecular complexity index is 1390. The Morgan fingerprint density at radius 1 is 0.941 bits per heavy atom. The maximum atomic E-state index is 13.4. The molecule has 3 rings (SSSR count). The third-order valence-corrected chi connectivity index (χ3v) is 8.37. The molecule has 3 aromatic rings. The summed E-state index contributed by atoms with van der Waals surface area (Å²) in [5.74, 6) is -0.520. The molecule has 1 amide bonds. The van der Waals surface area contributed by atoms with Crippen LogP contribution in [0.4, 0.5) is 5.69 Å². The Labute approximate surface area is 205 Å². The fraction of sp³-hybridized carbons (Fsp3) is 0.208. The Balaban J connectivity index is 1.88. The molecule has 0 spiro atoms. The van der Waals surface area contributed by atoms with Crippen LogP contribution in [0.3, 0.4) is 0 Å². The van der Waals surface area contributed by atoms with Crippen LogP contribution >= 0.6 is 11.6 Å². The first kappa shape index (κ1) is 25.7. The van der Waals surface area contributed by atoms with Gasteiger partial charge in [-0.05, 0) is 67.4 Å². The molecule has 1 N–H and O–H groups in total. The van der Waals surface area contributed by atoms with Crippen molar-refractivity contribution in [3.05, 3.63) is 88.9 Å². The predicted octanol–water partition coefficient (Wildman–Crippen LogP) is 4.12. The molecule has 0 fully saturated rings. The minimum Gasteiger partial charge on any atom is -0.348 e. The summed E-state index contributed by atoms with van der Waals surface area (Å²) in [5, 5.41) is 3.24. The number of aryl methyl sites for hydroxylation is 1. The van der Waals surface area contributed by atoms with Crippen molar-refractivity contribution in [1.82, 2.24) is 5.32 Å². The van der Waals surface area contributed by atoms with E-state index in [-0.39, 0.29) is 9.79 Å². The zero-order valence-corrected chi connectivity index (χ0v) is 21.3. The van der Waals surface area contributed by atoms with Gasteiger partial charge in [0.05, 0.1) is 21.5 Å². The lowest BCUT2D eigenvalue weighted by molar-refractivity contribution is -0.120. The van der Waals surface area contributed by atoms with Crippen LogP contribution in [0, 0.1) is 6.92 Å². The van der Waals surface area contributed by atoms with Gasteiger partial charge in [0.15, 0.2) is 9.84 Å². The molecule has 0 radical (unpaired) electrons. The molecule has 0 aliphatic carbocycles. The van der Waals surface area contributed by atoms with Gasteiger partial charge in [0.1, 0.15) is 6.54 Å². The van der Waals surface area contributed by atoms with E-state index >= 15 is 0 Å². The van der Waals surface area contributed by atoms with Crippen LogP contribution in [0.2, 0.25) is 5.02 Å². The third kappa shape index (κ3) is 5.97. The van der Waals surface area contributed by atoms with Gasteiger partial charge in [0, 0.05) is 11.3 Å². The number of rotatable bonds is 8. The zero-order valence-electron chi connectivity index (χ0n) is 18.9. The molecule has 0 aliphatic heterocycles. The lowest BCUT2D eigenvalue weighted by Gasteiger charge is -2.26. The molecule has 0 aliphatic rings. The van der Waals surface area contributed by atoms with Crippen LogP contribution in [-0.2, 0) is 24.7 Å². The number of nitrogens with zero attached hydrogens (tertiary/aromatic N) is 1. The Morgan fingerprint density at radius 2 is 1.56 bits per heavy atom. The van der Waals surface area contributed by atoms with Gasteiger partial charge >= 0.3 is 0 Å². The van der Waals surface area contributed by atoms with Gasteiger partial charge in [-0.15, -0.1) is 0 Å². The third-order valence-electron chi connectivity index (χ3n) is 5.23. The highest BCUT2D eigenvalue weighted by Crippen LogP contribution is 2.29.